The Kier molecular flexibility index (Phi) is 6.69. The van der Waals surface area contributed by atoms with Gasteiger partial charge in [0.05, 0.1) is 16.9 Å². The molecular formula is C13H15IO2S. The standard InChI is InChI=1S/C13H15IO2S/c1-2-3-9-13(15)12(14)10-17(16)11-7-5-4-6-8-11/h2,4-8,10,13,15H,1,3,9H2/b12-10+/t13-,17?/m0/s1. The van der Waals surface area contributed by atoms with Gasteiger partial charge in [0.2, 0.25) is 0 Å². The Hall–Kier alpha value is -0.460. The smallest absolute Gasteiger partial charge is 0.0855 e. The zero-order valence-electron chi connectivity index (χ0n) is 9.38. The van der Waals surface area contributed by atoms with E-state index in [9.17, 15) is 9.32 Å². The van der Waals surface area contributed by atoms with Gasteiger partial charge in [0.15, 0.2) is 0 Å². The Balaban J connectivity index is 2.68. The second-order valence-electron chi connectivity index (χ2n) is 3.50. The molecule has 0 aliphatic heterocycles. The third-order valence-corrected chi connectivity index (χ3v) is 4.82. The van der Waals surface area contributed by atoms with E-state index in [4.69, 9.17) is 0 Å². The lowest BCUT2D eigenvalue weighted by Gasteiger charge is -2.08. The second kappa shape index (κ2) is 7.79. The lowest BCUT2D eigenvalue weighted by atomic mass is 10.2. The molecule has 2 atom stereocenters. The van der Waals surface area contributed by atoms with Crippen LogP contribution in [0.25, 0.3) is 0 Å². The molecule has 17 heavy (non-hydrogen) atoms. The summed E-state index contributed by atoms with van der Waals surface area (Å²) in [5.41, 5.74) is 0. The topological polar surface area (TPSA) is 37.3 Å². The van der Waals surface area contributed by atoms with E-state index in [1.807, 2.05) is 52.9 Å². The van der Waals surface area contributed by atoms with Crippen LogP contribution in [0.5, 0.6) is 0 Å². The number of aliphatic hydroxyl groups excluding tert-OH is 1. The fourth-order valence-electron chi connectivity index (χ4n) is 1.22. The second-order valence-corrected chi connectivity index (χ2v) is 6.04. The average molecular weight is 362 g/mol. The minimum Gasteiger partial charge on any atom is -0.388 e. The summed E-state index contributed by atoms with van der Waals surface area (Å²) < 4.78 is 12.6. The molecule has 1 rings (SSSR count). The van der Waals surface area contributed by atoms with E-state index in [0.29, 0.717) is 10.0 Å². The van der Waals surface area contributed by atoms with Crippen LogP contribution in [0.1, 0.15) is 12.8 Å². The van der Waals surface area contributed by atoms with Crippen LogP contribution < -0.4 is 0 Å². The Morgan fingerprint density at radius 3 is 2.71 bits per heavy atom. The van der Waals surface area contributed by atoms with Crippen LogP contribution >= 0.6 is 22.6 Å². The van der Waals surface area contributed by atoms with Crippen molar-refractivity contribution in [3.8, 4) is 0 Å². The highest BCUT2D eigenvalue weighted by Gasteiger charge is 2.09. The number of aliphatic hydroxyl groups is 1. The van der Waals surface area contributed by atoms with Gasteiger partial charge in [0.1, 0.15) is 0 Å². The van der Waals surface area contributed by atoms with Crippen LogP contribution in [-0.4, -0.2) is 15.4 Å². The summed E-state index contributed by atoms with van der Waals surface area (Å²) in [7, 11) is -1.19. The molecule has 2 nitrogen and oxygen atoms in total. The van der Waals surface area contributed by atoms with Crippen LogP contribution in [0.3, 0.4) is 0 Å². The van der Waals surface area contributed by atoms with Crippen LogP contribution in [0.2, 0.25) is 0 Å². The number of benzene rings is 1. The van der Waals surface area contributed by atoms with Gasteiger partial charge in [-0.2, -0.15) is 0 Å². The van der Waals surface area contributed by atoms with E-state index >= 15 is 0 Å². The van der Waals surface area contributed by atoms with Crippen molar-refractivity contribution in [2.45, 2.75) is 23.8 Å². The van der Waals surface area contributed by atoms with Gasteiger partial charge in [0.25, 0.3) is 0 Å². The summed E-state index contributed by atoms with van der Waals surface area (Å²) in [5.74, 6) is 0. The van der Waals surface area contributed by atoms with Crippen molar-refractivity contribution in [3.63, 3.8) is 0 Å². The summed E-state index contributed by atoms with van der Waals surface area (Å²) in [5, 5.41) is 11.4. The molecule has 0 saturated carbocycles. The Morgan fingerprint density at radius 2 is 2.12 bits per heavy atom. The molecule has 1 aromatic carbocycles. The fraction of sp³-hybridized carbons (Fsp3) is 0.231. The monoisotopic (exact) mass is 362 g/mol. The van der Waals surface area contributed by atoms with E-state index in [0.717, 1.165) is 11.3 Å². The third kappa shape index (κ3) is 5.14. The van der Waals surface area contributed by atoms with Gasteiger partial charge in [-0.05, 0) is 47.6 Å². The van der Waals surface area contributed by atoms with E-state index < -0.39 is 16.9 Å². The zero-order chi connectivity index (χ0) is 12.7. The number of hydrogen-bond donors (Lipinski definition) is 1. The summed E-state index contributed by atoms with van der Waals surface area (Å²) in [4.78, 5) is 0.748. The molecular weight excluding hydrogens is 347 g/mol. The molecule has 0 aliphatic carbocycles. The van der Waals surface area contributed by atoms with Crippen LogP contribution in [0.15, 0.2) is 56.9 Å². The molecule has 0 amide bonds. The predicted octanol–water partition coefficient (Wildman–Crippen LogP) is 3.40. The van der Waals surface area contributed by atoms with Crippen LogP contribution in [0.4, 0.5) is 0 Å². The van der Waals surface area contributed by atoms with E-state index in [1.165, 1.54) is 0 Å². The van der Waals surface area contributed by atoms with Crippen LogP contribution in [0, 0.1) is 0 Å². The molecule has 0 radical (unpaired) electrons. The molecule has 4 heteroatoms. The molecule has 0 saturated heterocycles. The predicted molar refractivity (Wildman–Crippen MR) is 80.4 cm³/mol. The van der Waals surface area contributed by atoms with Gasteiger partial charge in [-0.25, -0.2) is 4.21 Å². The van der Waals surface area contributed by atoms with Crippen molar-refractivity contribution in [1.82, 2.24) is 0 Å². The summed E-state index contributed by atoms with van der Waals surface area (Å²) in [6.45, 7) is 3.61. The first-order chi connectivity index (χ1) is 8.15. The minimum atomic E-state index is -1.19. The lowest BCUT2D eigenvalue weighted by Crippen LogP contribution is -2.06. The van der Waals surface area contributed by atoms with Gasteiger partial charge in [-0.1, -0.05) is 24.3 Å². The minimum absolute atomic E-state index is 0.554. The largest absolute Gasteiger partial charge is 0.388 e. The number of allylic oxidation sites excluding steroid dienone is 1. The molecule has 1 unspecified atom stereocenters. The van der Waals surface area contributed by atoms with Crippen molar-refractivity contribution >= 4 is 33.4 Å². The normalized spacial score (nSPS) is 15.3. The highest BCUT2D eigenvalue weighted by Crippen LogP contribution is 2.19. The van der Waals surface area contributed by atoms with Crippen molar-refractivity contribution in [2.24, 2.45) is 0 Å². The van der Waals surface area contributed by atoms with Gasteiger partial charge < -0.3 is 5.11 Å². The Labute approximate surface area is 118 Å². The summed E-state index contributed by atoms with van der Waals surface area (Å²) in [6.07, 6.45) is 2.58. The van der Waals surface area contributed by atoms with Crippen molar-refractivity contribution in [2.75, 3.05) is 0 Å². The molecule has 0 bridgehead atoms. The zero-order valence-corrected chi connectivity index (χ0v) is 12.4. The average Bonchev–Trinajstić information content (AvgIpc) is 2.36. The summed E-state index contributed by atoms with van der Waals surface area (Å²) in [6, 6.07) is 9.21. The molecule has 0 heterocycles. The highest BCUT2D eigenvalue weighted by molar-refractivity contribution is 14.1. The number of hydrogen-bond acceptors (Lipinski definition) is 2. The van der Waals surface area contributed by atoms with Gasteiger partial charge >= 0.3 is 0 Å². The quantitative estimate of drug-likeness (QED) is 0.622. The molecule has 0 aliphatic rings. The van der Waals surface area contributed by atoms with E-state index in [1.54, 1.807) is 11.5 Å². The van der Waals surface area contributed by atoms with Gasteiger partial charge in [0, 0.05) is 13.9 Å². The molecule has 0 aromatic heterocycles. The Morgan fingerprint density at radius 1 is 1.47 bits per heavy atom. The third-order valence-electron chi connectivity index (χ3n) is 2.16. The number of rotatable bonds is 6. The lowest BCUT2D eigenvalue weighted by molar-refractivity contribution is 0.212. The maximum atomic E-state index is 11.9. The summed E-state index contributed by atoms with van der Waals surface area (Å²) >= 11 is 2.03. The molecule has 0 spiro atoms. The first-order valence-electron chi connectivity index (χ1n) is 5.27. The maximum absolute atomic E-state index is 11.9. The Bertz CT molecular complexity index is 415. The fourth-order valence-corrected chi connectivity index (χ4v) is 3.14. The molecule has 0 fully saturated rings. The van der Waals surface area contributed by atoms with E-state index in [-0.39, 0.29) is 0 Å². The van der Waals surface area contributed by atoms with Crippen molar-refractivity contribution < 1.29 is 9.32 Å². The molecule has 92 valence electrons. The first-order valence-corrected chi connectivity index (χ1v) is 7.56. The molecule has 1 aromatic rings. The van der Waals surface area contributed by atoms with Gasteiger partial charge in [-0.15, -0.1) is 6.58 Å². The van der Waals surface area contributed by atoms with Crippen molar-refractivity contribution in [1.29, 1.82) is 0 Å². The van der Waals surface area contributed by atoms with Gasteiger partial charge in [-0.3, -0.25) is 0 Å². The van der Waals surface area contributed by atoms with Crippen LogP contribution in [-0.2, 0) is 10.8 Å². The molecule has 1 N–H and O–H groups in total. The van der Waals surface area contributed by atoms with Crippen molar-refractivity contribution in [3.05, 3.63) is 52.0 Å². The first kappa shape index (κ1) is 14.6. The maximum Gasteiger partial charge on any atom is 0.0855 e. The SMILES string of the molecule is C=CCC[C@H](O)/C(I)=C\S(=O)c1ccccc1. The number of halogens is 1. The highest BCUT2D eigenvalue weighted by atomic mass is 127. The van der Waals surface area contributed by atoms with E-state index in [2.05, 4.69) is 6.58 Å².